The maximum absolute atomic E-state index is 13.2. The van der Waals surface area contributed by atoms with Crippen LogP contribution >= 0.6 is 0 Å². The van der Waals surface area contributed by atoms with E-state index in [4.69, 9.17) is 0 Å². The first-order chi connectivity index (χ1) is 7.70. The van der Waals surface area contributed by atoms with Crippen LogP contribution in [0.2, 0.25) is 0 Å². The standard InChI is InChI=1S/C9H3F6N2.Ir/c10-7(11)4-5(6-2-1-3-16-17-6)8(12,13)9(7,14)15;/h1-3H;/q-1;. The molecule has 1 heterocycles. The van der Waals surface area contributed by atoms with Crippen molar-refractivity contribution in [3.05, 3.63) is 30.1 Å². The molecule has 0 aromatic carbocycles. The van der Waals surface area contributed by atoms with Crippen molar-refractivity contribution in [2.75, 3.05) is 0 Å². The SMILES string of the molecule is FC1(F)[C-]=C(c2cccnn2)C(F)(F)C1(F)F.[Ir]. The van der Waals surface area contributed by atoms with E-state index in [1.807, 2.05) is 0 Å². The number of rotatable bonds is 1. The van der Waals surface area contributed by atoms with Crippen LogP contribution in [0.5, 0.6) is 0 Å². The molecule has 0 amide bonds. The zero-order valence-electron chi connectivity index (χ0n) is 8.23. The molecule has 2 rings (SSSR count). The predicted molar refractivity (Wildman–Crippen MR) is 43.5 cm³/mol. The van der Waals surface area contributed by atoms with Gasteiger partial charge in [0, 0.05) is 26.3 Å². The Balaban J connectivity index is 0.00000162. The summed E-state index contributed by atoms with van der Waals surface area (Å²) < 4.78 is 77.4. The van der Waals surface area contributed by atoms with Gasteiger partial charge in [-0.3, -0.25) is 0 Å². The molecule has 9 heteroatoms. The molecule has 0 saturated heterocycles. The number of aromatic nitrogens is 2. The summed E-state index contributed by atoms with van der Waals surface area (Å²) >= 11 is 0. The number of hydrogen-bond donors (Lipinski definition) is 0. The van der Waals surface area contributed by atoms with E-state index in [2.05, 4.69) is 10.2 Å². The van der Waals surface area contributed by atoms with Gasteiger partial charge in [-0.25, -0.2) is 13.9 Å². The second-order valence-corrected chi connectivity index (χ2v) is 3.33. The summed E-state index contributed by atoms with van der Waals surface area (Å²) in [6.45, 7) is 0. The summed E-state index contributed by atoms with van der Waals surface area (Å²) in [5.41, 5.74) is -2.39. The molecule has 1 radical (unpaired) electrons. The summed E-state index contributed by atoms with van der Waals surface area (Å²) in [4.78, 5) is 0. The normalized spacial score (nSPS) is 23.1. The second kappa shape index (κ2) is 4.31. The van der Waals surface area contributed by atoms with E-state index in [0.29, 0.717) is 0 Å². The third-order valence-electron chi connectivity index (χ3n) is 2.21. The predicted octanol–water partition coefficient (Wildman–Crippen LogP) is 2.58. The van der Waals surface area contributed by atoms with Crippen molar-refractivity contribution in [1.29, 1.82) is 0 Å². The first-order valence-corrected chi connectivity index (χ1v) is 4.27. The molecule has 2 nitrogen and oxygen atoms in total. The van der Waals surface area contributed by atoms with E-state index in [1.54, 1.807) is 0 Å². The van der Waals surface area contributed by atoms with Crippen molar-refractivity contribution in [3.8, 4) is 0 Å². The Bertz CT molecular complexity index is 473. The van der Waals surface area contributed by atoms with Crippen LogP contribution in [0.25, 0.3) is 5.57 Å². The zero-order valence-corrected chi connectivity index (χ0v) is 10.6. The van der Waals surface area contributed by atoms with E-state index < -0.39 is 29.0 Å². The number of allylic oxidation sites excluding steroid dienone is 2. The van der Waals surface area contributed by atoms with E-state index in [1.165, 1.54) is 0 Å². The minimum Gasteiger partial charge on any atom is -0.249 e. The Hall–Kier alpha value is -0.951. The fourth-order valence-corrected chi connectivity index (χ4v) is 1.33. The van der Waals surface area contributed by atoms with Crippen LogP contribution in [-0.2, 0) is 20.1 Å². The van der Waals surface area contributed by atoms with E-state index in [9.17, 15) is 26.3 Å². The van der Waals surface area contributed by atoms with Crippen molar-refractivity contribution in [2.45, 2.75) is 17.8 Å². The number of halogens is 6. The molecular weight excluding hydrogens is 442 g/mol. The van der Waals surface area contributed by atoms with Gasteiger partial charge >= 0.3 is 11.8 Å². The summed E-state index contributed by atoms with van der Waals surface area (Å²) in [6.07, 6.45) is 1.90. The molecule has 1 aromatic rings. The molecule has 101 valence electrons. The minimum absolute atomic E-state index is 0. The number of hydrogen-bond acceptors (Lipinski definition) is 2. The third kappa shape index (κ3) is 1.85. The molecule has 1 aromatic heterocycles. The molecule has 1 aliphatic rings. The van der Waals surface area contributed by atoms with E-state index >= 15 is 0 Å². The number of alkyl halides is 6. The monoisotopic (exact) mass is 446 g/mol. The van der Waals surface area contributed by atoms with Crippen molar-refractivity contribution in [3.63, 3.8) is 0 Å². The van der Waals surface area contributed by atoms with Crippen LogP contribution in [0.15, 0.2) is 18.3 Å². The molecule has 0 atom stereocenters. The minimum atomic E-state index is -5.52. The van der Waals surface area contributed by atoms with Gasteiger partial charge in [0.2, 0.25) is 0 Å². The van der Waals surface area contributed by atoms with Crippen LogP contribution in [0.4, 0.5) is 26.3 Å². The smallest absolute Gasteiger partial charge is 0.249 e. The van der Waals surface area contributed by atoms with Crippen molar-refractivity contribution in [1.82, 2.24) is 10.2 Å². The second-order valence-electron chi connectivity index (χ2n) is 3.33. The summed E-state index contributed by atoms with van der Waals surface area (Å²) in [6, 6.07) is 1.99. The van der Waals surface area contributed by atoms with Crippen molar-refractivity contribution >= 4 is 5.57 Å². The Kier molecular flexibility index (Phi) is 3.62. The molecule has 0 spiro atoms. The topological polar surface area (TPSA) is 25.8 Å². The van der Waals surface area contributed by atoms with Gasteiger partial charge in [-0.15, -0.1) is 11.6 Å². The Morgan fingerprint density at radius 3 is 2.06 bits per heavy atom. The fraction of sp³-hybridized carbons (Fsp3) is 0.333. The Labute approximate surface area is 110 Å². The fourth-order valence-electron chi connectivity index (χ4n) is 1.33. The molecule has 1 aliphatic carbocycles. The largest absolute Gasteiger partial charge is 0.360 e. The zero-order chi connectivity index (χ0) is 12.9. The maximum Gasteiger partial charge on any atom is 0.360 e. The Morgan fingerprint density at radius 2 is 1.67 bits per heavy atom. The van der Waals surface area contributed by atoms with Gasteiger partial charge < -0.3 is 0 Å². The third-order valence-corrected chi connectivity index (χ3v) is 2.21. The van der Waals surface area contributed by atoms with Crippen LogP contribution < -0.4 is 0 Å². The first kappa shape index (κ1) is 15.1. The van der Waals surface area contributed by atoms with Gasteiger partial charge in [0.25, 0.3) is 5.92 Å². The van der Waals surface area contributed by atoms with Crippen LogP contribution in [0.1, 0.15) is 5.69 Å². The van der Waals surface area contributed by atoms with Gasteiger partial charge in [-0.05, 0) is 0 Å². The Morgan fingerprint density at radius 1 is 1.06 bits per heavy atom. The van der Waals surface area contributed by atoms with Gasteiger partial charge in [0.15, 0.2) is 0 Å². The molecule has 0 aliphatic heterocycles. The molecule has 0 bridgehead atoms. The molecule has 0 fully saturated rings. The van der Waals surface area contributed by atoms with Crippen LogP contribution in [-0.4, -0.2) is 28.0 Å². The summed E-state index contributed by atoms with van der Waals surface area (Å²) in [7, 11) is 0. The molecule has 0 unspecified atom stereocenters. The van der Waals surface area contributed by atoms with Crippen LogP contribution in [0, 0.1) is 6.08 Å². The van der Waals surface area contributed by atoms with Gasteiger partial charge in [-0.1, -0.05) is 11.8 Å². The van der Waals surface area contributed by atoms with Gasteiger partial charge in [0.1, 0.15) is 0 Å². The van der Waals surface area contributed by atoms with Crippen molar-refractivity contribution < 1.29 is 46.4 Å². The molecule has 0 saturated carbocycles. The summed E-state index contributed by atoms with van der Waals surface area (Å²) in [5, 5.41) is 6.25. The summed E-state index contributed by atoms with van der Waals surface area (Å²) in [5.74, 6) is -15.6. The van der Waals surface area contributed by atoms with E-state index in [0.717, 1.165) is 24.4 Å². The average Bonchev–Trinajstić information content (AvgIpc) is 2.37. The average molecular weight is 445 g/mol. The first-order valence-electron chi connectivity index (χ1n) is 4.27. The van der Waals surface area contributed by atoms with Gasteiger partial charge in [0.05, 0.1) is 0 Å². The molecule has 0 N–H and O–H groups in total. The van der Waals surface area contributed by atoms with E-state index in [-0.39, 0.29) is 20.1 Å². The molecular formula is C9H3F6IrN2-. The molecule has 18 heavy (non-hydrogen) atoms. The van der Waals surface area contributed by atoms with Crippen LogP contribution in [0.3, 0.4) is 0 Å². The maximum atomic E-state index is 13.2. The van der Waals surface area contributed by atoms with Gasteiger partial charge in [-0.2, -0.15) is 28.7 Å². The quantitative estimate of drug-likeness (QED) is 0.491. The number of nitrogens with zero attached hydrogens (tertiary/aromatic N) is 2. The van der Waals surface area contributed by atoms with Crippen molar-refractivity contribution in [2.24, 2.45) is 0 Å².